The second kappa shape index (κ2) is 8.70. The van der Waals surface area contributed by atoms with Crippen LogP contribution in [0.2, 0.25) is 0 Å². The second-order valence-corrected chi connectivity index (χ2v) is 8.02. The van der Waals surface area contributed by atoms with Gasteiger partial charge >= 0.3 is 5.97 Å². The SMILES string of the molecule is CC(C)C[C@H](CNS(=O)(=O)N1CCCCCC1)CC(=O)O. The molecule has 0 unspecified atom stereocenters. The molecule has 1 saturated heterocycles. The first-order chi connectivity index (χ1) is 9.81. The Hall–Kier alpha value is -0.660. The van der Waals surface area contributed by atoms with Crippen LogP contribution in [-0.2, 0) is 15.0 Å². The van der Waals surface area contributed by atoms with E-state index in [0.29, 0.717) is 25.4 Å². The van der Waals surface area contributed by atoms with Crippen molar-refractivity contribution in [2.24, 2.45) is 11.8 Å². The number of carbonyl (C=O) groups is 1. The highest BCUT2D eigenvalue weighted by Crippen LogP contribution is 2.16. The molecule has 0 aromatic rings. The van der Waals surface area contributed by atoms with Crippen molar-refractivity contribution in [2.45, 2.75) is 52.4 Å². The van der Waals surface area contributed by atoms with E-state index in [2.05, 4.69) is 4.72 Å². The van der Waals surface area contributed by atoms with Gasteiger partial charge in [0.2, 0.25) is 0 Å². The van der Waals surface area contributed by atoms with Crippen molar-refractivity contribution in [2.75, 3.05) is 19.6 Å². The van der Waals surface area contributed by atoms with Crippen molar-refractivity contribution in [1.82, 2.24) is 9.03 Å². The second-order valence-electron chi connectivity index (χ2n) is 6.26. The van der Waals surface area contributed by atoms with Crippen LogP contribution >= 0.6 is 0 Å². The van der Waals surface area contributed by atoms with Crippen LogP contribution in [0.25, 0.3) is 0 Å². The fraction of sp³-hybridized carbons (Fsp3) is 0.929. The van der Waals surface area contributed by atoms with Crippen molar-refractivity contribution in [3.05, 3.63) is 0 Å². The molecule has 1 atom stereocenters. The molecular formula is C14H28N2O4S. The van der Waals surface area contributed by atoms with Crippen molar-refractivity contribution in [3.63, 3.8) is 0 Å². The average molecular weight is 320 g/mol. The van der Waals surface area contributed by atoms with Gasteiger partial charge in [-0.2, -0.15) is 12.7 Å². The largest absolute Gasteiger partial charge is 0.481 e. The number of rotatable bonds is 8. The summed E-state index contributed by atoms with van der Waals surface area (Å²) >= 11 is 0. The molecular weight excluding hydrogens is 292 g/mol. The Kier molecular flexibility index (Phi) is 7.62. The first kappa shape index (κ1) is 18.4. The molecule has 2 N–H and O–H groups in total. The molecule has 1 fully saturated rings. The van der Waals surface area contributed by atoms with Gasteiger partial charge in [0.25, 0.3) is 10.2 Å². The Morgan fingerprint density at radius 1 is 1.19 bits per heavy atom. The van der Waals surface area contributed by atoms with Crippen molar-refractivity contribution >= 4 is 16.2 Å². The number of nitrogens with zero attached hydrogens (tertiary/aromatic N) is 1. The van der Waals surface area contributed by atoms with Gasteiger partial charge < -0.3 is 5.11 Å². The quantitative estimate of drug-likeness (QED) is 0.714. The van der Waals surface area contributed by atoms with E-state index in [1.165, 1.54) is 4.31 Å². The monoisotopic (exact) mass is 320 g/mol. The van der Waals surface area contributed by atoms with Crippen molar-refractivity contribution < 1.29 is 18.3 Å². The highest BCUT2D eigenvalue weighted by atomic mass is 32.2. The van der Waals surface area contributed by atoms with Gasteiger partial charge in [-0.1, -0.05) is 26.7 Å². The molecule has 0 radical (unpaired) electrons. The topological polar surface area (TPSA) is 86.7 Å². The van der Waals surface area contributed by atoms with E-state index in [-0.39, 0.29) is 18.9 Å². The Morgan fingerprint density at radius 3 is 2.24 bits per heavy atom. The zero-order valence-electron chi connectivity index (χ0n) is 13.0. The molecule has 0 aliphatic carbocycles. The van der Waals surface area contributed by atoms with Crippen molar-refractivity contribution in [1.29, 1.82) is 0 Å². The molecule has 21 heavy (non-hydrogen) atoms. The normalized spacial score (nSPS) is 19.4. The lowest BCUT2D eigenvalue weighted by atomic mass is 9.94. The fourth-order valence-corrected chi connectivity index (χ4v) is 4.12. The maximum Gasteiger partial charge on any atom is 0.303 e. The number of nitrogens with one attached hydrogen (secondary N) is 1. The summed E-state index contributed by atoms with van der Waals surface area (Å²) in [5, 5.41) is 8.92. The molecule has 0 spiro atoms. The summed E-state index contributed by atoms with van der Waals surface area (Å²) < 4.78 is 28.7. The number of hydrogen-bond donors (Lipinski definition) is 2. The lowest BCUT2D eigenvalue weighted by Gasteiger charge is -2.23. The molecule has 0 aromatic carbocycles. The van der Waals surface area contributed by atoms with Crippen LogP contribution < -0.4 is 4.72 Å². The predicted molar refractivity (Wildman–Crippen MR) is 82.2 cm³/mol. The van der Waals surface area contributed by atoms with Crippen molar-refractivity contribution in [3.8, 4) is 0 Å². The molecule has 0 saturated carbocycles. The van der Waals surface area contributed by atoms with Crippen LogP contribution in [0.1, 0.15) is 52.4 Å². The van der Waals surface area contributed by atoms with E-state index in [9.17, 15) is 13.2 Å². The molecule has 0 amide bonds. The van der Waals surface area contributed by atoms with Crippen LogP contribution in [0.5, 0.6) is 0 Å². The number of aliphatic carboxylic acids is 1. The molecule has 1 aliphatic heterocycles. The summed E-state index contributed by atoms with van der Waals surface area (Å²) in [4.78, 5) is 10.9. The highest BCUT2D eigenvalue weighted by molar-refractivity contribution is 7.87. The van der Waals surface area contributed by atoms with Gasteiger partial charge in [-0.3, -0.25) is 4.79 Å². The van der Waals surface area contributed by atoms with Crippen LogP contribution in [0.15, 0.2) is 0 Å². The van der Waals surface area contributed by atoms with Crippen LogP contribution in [-0.4, -0.2) is 43.4 Å². The van der Waals surface area contributed by atoms with E-state index >= 15 is 0 Å². The maximum atomic E-state index is 12.3. The fourth-order valence-electron chi connectivity index (χ4n) is 2.75. The van der Waals surface area contributed by atoms with Gasteiger partial charge in [0.05, 0.1) is 0 Å². The Labute approximate surface area is 128 Å². The summed E-state index contributed by atoms with van der Waals surface area (Å²) in [5.74, 6) is -0.698. The average Bonchev–Trinajstić information content (AvgIpc) is 2.64. The van der Waals surface area contributed by atoms with Gasteiger partial charge in [-0.25, -0.2) is 4.72 Å². The Balaban J connectivity index is 2.57. The third-order valence-corrected chi connectivity index (χ3v) is 5.30. The predicted octanol–water partition coefficient (Wildman–Crippen LogP) is 1.83. The first-order valence-corrected chi connectivity index (χ1v) is 9.22. The van der Waals surface area contributed by atoms with Crippen LogP contribution in [0, 0.1) is 11.8 Å². The number of carboxylic acids is 1. The first-order valence-electron chi connectivity index (χ1n) is 7.78. The van der Waals surface area contributed by atoms with Gasteiger partial charge in [0.1, 0.15) is 0 Å². The third kappa shape index (κ3) is 7.24. The summed E-state index contributed by atoms with van der Waals surface area (Å²) in [6.45, 7) is 5.34. The Bertz CT molecular complexity index is 415. The number of carboxylic acid groups (broad SMARTS) is 1. The summed E-state index contributed by atoms with van der Waals surface area (Å²) in [7, 11) is -3.48. The number of hydrogen-bond acceptors (Lipinski definition) is 3. The lowest BCUT2D eigenvalue weighted by molar-refractivity contribution is -0.138. The summed E-state index contributed by atoms with van der Waals surface area (Å²) in [6, 6.07) is 0. The standard InChI is InChI=1S/C14H28N2O4S/c1-12(2)9-13(10-14(17)18)11-15-21(19,20)16-7-5-3-4-6-8-16/h12-13,15H,3-11H2,1-2H3,(H,17,18)/t13-/m0/s1. The van der Waals surface area contributed by atoms with E-state index < -0.39 is 16.2 Å². The minimum Gasteiger partial charge on any atom is -0.481 e. The molecule has 124 valence electrons. The maximum absolute atomic E-state index is 12.3. The zero-order valence-corrected chi connectivity index (χ0v) is 13.9. The molecule has 0 bridgehead atoms. The minimum atomic E-state index is -3.48. The molecule has 1 rings (SSSR count). The lowest BCUT2D eigenvalue weighted by Crippen LogP contribution is -2.43. The molecule has 0 aromatic heterocycles. The van der Waals surface area contributed by atoms with E-state index in [1.807, 2.05) is 13.8 Å². The summed E-state index contributed by atoms with van der Waals surface area (Å²) in [5.41, 5.74) is 0. The van der Waals surface area contributed by atoms with Crippen LogP contribution in [0.4, 0.5) is 0 Å². The van der Waals surface area contributed by atoms with Crippen LogP contribution in [0.3, 0.4) is 0 Å². The van der Waals surface area contributed by atoms with E-state index in [0.717, 1.165) is 25.7 Å². The van der Waals surface area contributed by atoms with Gasteiger partial charge in [0, 0.05) is 26.1 Å². The van der Waals surface area contributed by atoms with E-state index in [4.69, 9.17) is 5.11 Å². The smallest absolute Gasteiger partial charge is 0.303 e. The van der Waals surface area contributed by atoms with Gasteiger partial charge in [0.15, 0.2) is 0 Å². The van der Waals surface area contributed by atoms with Gasteiger partial charge in [-0.05, 0) is 31.1 Å². The molecule has 6 nitrogen and oxygen atoms in total. The Morgan fingerprint density at radius 2 is 1.76 bits per heavy atom. The molecule has 1 aliphatic rings. The van der Waals surface area contributed by atoms with E-state index in [1.54, 1.807) is 0 Å². The summed E-state index contributed by atoms with van der Waals surface area (Å²) in [6.07, 6.45) is 4.63. The highest BCUT2D eigenvalue weighted by Gasteiger charge is 2.24. The molecule has 1 heterocycles. The molecule has 7 heteroatoms. The zero-order chi connectivity index (χ0) is 15.9. The van der Waals surface area contributed by atoms with Gasteiger partial charge in [-0.15, -0.1) is 0 Å². The minimum absolute atomic E-state index is 0.000694. The third-order valence-electron chi connectivity index (χ3n) is 3.73.